The second-order valence-electron chi connectivity index (χ2n) is 3.68. The predicted octanol–water partition coefficient (Wildman–Crippen LogP) is 0.954. The SMILES string of the molecule is Cc1ccc(CC(=O)NCCO)c(C)c1. The van der Waals surface area contributed by atoms with Crippen LogP contribution in [0.3, 0.4) is 0 Å². The molecule has 0 unspecified atom stereocenters. The highest BCUT2D eigenvalue weighted by Crippen LogP contribution is 2.10. The molecule has 15 heavy (non-hydrogen) atoms. The van der Waals surface area contributed by atoms with Crippen LogP contribution in [0.2, 0.25) is 0 Å². The molecule has 0 aliphatic carbocycles. The van der Waals surface area contributed by atoms with Gasteiger partial charge in [0.1, 0.15) is 0 Å². The van der Waals surface area contributed by atoms with Crippen LogP contribution in [-0.4, -0.2) is 24.2 Å². The summed E-state index contributed by atoms with van der Waals surface area (Å²) in [6.07, 6.45) is 0.381. The number of aliphatic hydroxyl groups excluding tert-OH is 1. The van der Waals surface area contributed by atoms with Gasteiger partial charge in [0.05, 0.1) is 13.0 Å². The second kappa shape index (κ2) is 5.51. The summed E-state index contributed by atoms with van der Waals surface area (Å²) in [4.78, 5) is 11.4. The van der Waals surface area contributed by atoms with Gasteiger partial charge in [0.25, 0.3) is 0 Å². The summed E-state index contributed by atoms with van der Waals surface area (Å²) in [5.41, 5.74) is 3.37. The van der Waals surface area contributed by atoms with Crippen molar-refractivity contribution >= 4 is 5.91 Å². The molecule has 0 aliphatic heterocycles. The van der Waals surface area contributed by atoms with E-state index < -0.39 is 0 Å². The van der Waals surface area contributed by atoms with Gasteiger partial charge in [-0.05, 0) is 25.0 Å². The maximum Gasteiger partial charge on any atom is 0.224 e. The number of aliphatic hydroxyl groups is 1. The third-order valence-electron chi connectivity index (χ3n) is 2.28. The minimum absolute atomic E-state index is 0.0153. The molecule has 0 fully saturated rings. The van der Waals surface area contributed by atoms with Gasteiger partial charge in [-0.2, -0.15) is 0 Å². The van der Waals surface area contributed by atoms with Gasteiger partial charge < -0.3 is 10.4 Å². The average Bonchev–Trinajstić information content (AvgIpc) is 2.19. The fourth-order valence-corrected chi connectivity index (χ4v) is 1.47. The van der Waals surface area contributed by atoms with Gasteiger partial charge in [0.2, 0.25) is 5.91 Å². The van der Waals surface area contributed by atoms with Gasteiger partial charge in [0.15, 0.2) is 0 Å². The van der Waals surface area contributed by atoms with E-state index in [1.807, 2.05) is 26.0 Å². The van der Waals surface area contributed by atoms with Crippen molar-refractivity contribution in [3.63, 3.8) is 0 Å². The maximum absolute atomic E-state index is 11.4. The normalized spacial score (nSPS) is 10.1. The Kier molecular flexibility index (Phi) is 4.31. The number of hydrogen-bond acceptors (Lipinski definition) is 2. The zero-order valence-electron chi connectivity index (χ0n) is 9.21. The largest absolute Gasteiger partial charge is 0.395 e. The number of amides is 1. The number of benzene rings is 1. The third kappa shape index (κ3) is 3.72. The first-order chi connectivity index (χ1) is 7.13. The lowest BCUT2D eigenvalue weighted by molar-refractivity contribution is -0.120. The Hall–Kier alpha value is -1.35. The quantitative estimate of drug-likeness (QED) is 0.772. The van der Waals surface area contributed by atoms with E-state index in [1.165, 1.54) is 5.56 Å². The molecule has 0 saturated heterocycles. The van der Waals surface area contributed by atoms with Crippen LogP contribution in [0.1, 0.15) is 16.7 Å². The molecule has 3 nitrogen and oxygen atoms in total. The second-order valence-corrected chi connectivity index (χ2v) is 3.68. The van der Waals surface area contributed by atoms with Gasteiger partial charge in [-0.3, -0.25) is 4.79 Å². The smallest absolute Gasteiger partial charge is 0.224 e. The molecule has 0 saturated carbocycles. The summed E-state index contributed by atoms with van der Waals surface area (Å²) < 4.78 is 0. The van der Waals surface area contributed by atoms with Crippen molar-refractivity contribution in [2.75, 3.05) is 13.2 Å². The molecule has 2 N–H and O–H groups in total. The Morgan fingerprint density at radius 3 is 2.73 bits per heavy atom. The van der Waals surface area contributed by atoms with Crippen molar-refractivity contribution in [2.24, 2.45) is 0 Å². The van der Waals surface area contributed by atoms with Gasteiger partial charge in [0, 0.05) is 6.54 Å². The fourth-order valence-electron chi connectivity index (χ4n) is 1.47. The molecule has 0 heterocycles. The zero-order chi connectivity index (χ0) is 11.3. The van der Waals surface area contributed by atoms with E-state index in [-0.39, 0.29) is 12.5 Å². The molecule has 3 heteroatoms. The first-order valence-corrected chi connectivity index (χ1v) is 5.07. The van der Waals surface area contributed by atoms with Crippen molar-refractivity contribution in [3.8, 4) is 0 Å². The molecule has 1 aromatic carbocycles. The van der Waals surface area contributed by atoms with E-state index in [1.54, 1.807) is 0 Å². The van der Waals surface area contributed by atoms with Crippen molar-refractivity contribution < 1.29 is 9.90 Å². The molecular weight excluding hydrogens is 190 g/mol. The number of carbonyl (C=O) groups is 1. The average molecular weight is 207 g/mol. The molecule has 0 radical (unpaired) electrons. The van der Waals surface area contributed by atoms with Crippen LogP contribution in [0.4, 0.5) is 0 Å². The first kappa shape index (κ1) is 11.7. The molecular formula is C12H17NO2. The van der Waals surface area contributed by atoms with Crippen LogP contribution in [-0.2, 0) is 11.2 Å². The van der Waals surface area contributed by atoms with Crippen molar-refractivity contribution in [3.05, 3.63) is 34.9 Å². The number of hydrogen-bond donors (Lipinski definition) is 2. The van der Waals surface area contributed by atoms with E-state index in [9.17, 15) is 4.79 Å². The fraction of sp³-hybridized carbons (Fsp3) is 0.417. The lowest BCUT2D eigenvalue weighted by Crippen LogP contribution is -2.28. The predicted molar refractivity (Wildman–Crippen MR) is 59.7 cm³/mol. The van der Waals surface area contributed by atoms with Gasteiger partial charge in [-0.15, -0.1) is 0 Å². The van der Waals surface area contributed by atoms with Crippen molar-refractivity contribution in [1.29, 1.82) is 0 Å². The number of carbonyl (C=O) groups excluding carboxylic acids is 1. The summed E-state index contributed by atoms with van der Waals surface area (Å²) >= 11 is 0. The minimum atomic E-state index is -0.0454. The van der Waals surface area contributed by atoms with Gasteiger partial charge in [-0.1, -0.05) is 23.8 Å². The Balaban J connectivity index is 2.60. The lowest BCUT2D eigenvalue weighted by Gasteiger charge is -2.07. The van der Waals surface area contributed by atoms with Crippen molar-refractivity contribution in [2.45, 2.75) is 20.3 Å². The Morgan fingerprint density at radius 1 is 1.40 bits per heavy atom. The van der Waals surface area contributed by atoms with Crippen LogP contribution in [0.25, 0.3) is 0 Å². The summed E-state index contributed by atoms with van der Waals surface area (Å²) in [7, 11) is 0. The monoisotopic (exact) mass is 207 g/mol. The third-order valence-corrected chi connectivity index (χ3v) is 2.28. The number of aryl methyl sites for hydroxylation is 2. The van der Waals surface area contributed by atoms with E-state index >= 15 is 0 Å². The van der Waals surface area contributed by atoms with E-state index in [0.29, 0.717) is 13.0 Å². The molecule has 0 spiro atoms. The Morgan fingerprint density at radius 2 is 2.13 bits per heavy atom. The molecule has 0 bridgehead atoms. The summed E-state index contributed by atoms with van der Waals surface area (Å²) in [5.74, 6) is -0.0454. The molecule has 0 aliphatic rings. The lowest BCUT2D eigenvalue weighted by atomic mass is 10.0. The molecule has 82 valence electrons. The molecule has 1 rings (SSSR count). The first-order valence-electron chi connectivity index (χ1n) is 5.07. The van der Waals surface area contributed by atoms with Crippen LogP contribution in [0.15, 0.2) is 18.2 Å². The van der Waals surface area contributed by atoms with Crippen LogP contribution in [0, 0.1) is 13.8 Å². The topological polar surface area (TPSA) is 49.3 Å². The highest BCUT2D eigenvalue weighted by molar-refractivity contribution is 5.78. The molecule has 1 aromatic rings. The standard InChI is InChI=1S/C12H17NO2/c1-9-3-4-11(10(2)7-9)8-12(15)13-5-6-14/h3-4,7,14H,5-6,8H2,1-2H3,(H,13,15). The summed E-state index contributed by atoms with van der Waals surface area (Å²) in [6, 6.07) is 6.04. The zero-order valence-corrected chi connectivity index (χ0v) is 9.21. The van der Waals surface area contributed by atoms with Crippen LogP contribution in [0.5, 0.6) is 0 Å². The number of nitrogens with one attached hydrogen (secondary N) is 1. The molecule has 1 amide bonds. The van der Waals surface area contributed by atoms with Crippen molar-refractivity contribution in [1.82, 2.24) is 5.32 Å². The van der Waals surface area contributed by atoms with Crippen LogP contribution >= 0.6 is 0 Å². The summed E-state index contributed by atoms with van der Waals surface area (Å²) in [6.45, 7) is 4.34. The Bertz CT molecular complexity index is 347. The van der Waals surface area contributed by atoms with E-state index in [0.717, 1.165) is 11.1 Å². The summed E-state index contributed by atoms with van der Waals surface area (Å²) in [5, 5.41) is 11.2. The maximum atomic E-state index is 11.4. The van der Waals surface area contributed by atoms with Gasteiger partial charge in [-0.25, -0.2) is 0 Å². The van der Waals surface area contributed by atoms with Crippen LogP contribution < -0.4 is 5.32 Å². The molecule has 0 aromatic heterocycles. The highest BCUT2D eigenvalue weighted by atomic mass is 16.3. The number of rotatable bonds is 4. The molecule has 0 atom stereocenters. The Labute approximate surface area is 90.1 Å². The van der Waals surface area contributed by atoms with Gasteiger partial charge >= 0.3 is 0 Å². The van der Waals surface area contributed by atoms with E-state index in [2.05, 4.69) is 11.4 Å². The minimum Gasteiger partial charge on any atom is -0.395 e. The van der Waals surface area contributed by atoms with E-state index in [4.69, 9.17) is 5.11 Å². The highest BCUT2D eigenvalue weighted by Gasteiger charge is 2.04.